The Balaban J connectivity index is 1.40. The standard InChI is InChI=1S/C16H28N6OS/c1-2-3-6-17-15(23)11-19-7-9-20(10-8-19)13-22-16(24)21(12-18-22)14-4-5-14/h12,14H,2-11,13H2,1H3,(H,17,23). The third-order valence-electron chi connectivity index (χ3n) is 4.72. The van der Waals surface area contributed by atoms with Gasteiger partial charge in [-0.05, 0) is 31.5 Å². The third kappa shape index (κ3) is 4.64. The van der Waals surface area contributed by atoms with Crippen LogP contribution in [-0.2, 0) is 11.5 Å². The van der Waals surface area contributed by atoms with Crippen LogP contribution in [-0.4, -0.2) is 69.3 Å². The second-order valence-electron chi connectivity index (χ2n) is 6.79. The fourth-order valence-corrected chi connectivity index (χ4v) is 3.29. The van der Waals surface area contributed by atoms with Crippen molar-refractivity contribution >= 4 is 18.1 Å². The predicted octanol–water partition coefficient (Wildman–Crippen LogP) is 1.24. The van der Waals surface area contributed by atoms with Crippen molar-refractivity contribution in [3.63, 3.8) is 0 Å². The van der Waals surface area contributed by atoms with Crippen molar-refractivity contribution in [2.75, 3.05) is 39.3 Å². The van der Waals surface area contributed by atoms with Crippen LogP contribution < -0.4 is 5.32 Å². The molecule has 0 unspecified atom stereocenters. The van der Waals surface area contributed by atoms with Gasteiger partial charge in [0.25, 0.3) is 0 Å². The van der Waals surface area contributed by atoms with E-state index in [0.717, 1.165) is 57.0 Å². The molecule has 0 aromatic carbocycles. The lowest BCUT2D eigenvalue weighted by Gasteiger charge is -2.33. The van der Waals surface area contributed by atoms with Crippen molar-refractivity contribution in [3.8, 4) is 0 Å². The highest BCUT2D eigenvalue weighted by atomic mass is 32.1. The lowest BCUT2D eigenvalue weighted by atomic mass is 10.3. The Morgan fingerprint density at radius 1 is 1.29 bits per heavy atom. The molecule has 1 amide bonds. The maximum atomic E-state index is 11.9. The smallest absolute Gasteiger partial charge is 0.234 e. The number of amides is 1. The molecule has 1 aliphatic carbocycles. The molecular formula is C16H28N6OS. The van der Waals surface area contributed by atoms with Crippen LogP contribution in [0.15, 0.2) is 6.33 Å². The summed E-state index contributed by atoms with van der Waals surface area (Å²) in [6.45, 7) is 7.89. The van der Waals surface area contributed by atoms with Crippen molar-refractivity contribution in [1.29, 1.82) is 0 Å². The van der Waals surface area contributed by atoms with Crippen molar-refractivity contribution in [2.45, 2.75) is 45.3 Å². The van der Waals surface area contributed by atoms with Crippen LogP contribution >= 0.6 is 12.2 Å². The van der Waals surface area contributed by atoms with Crippen LogP contribution in [0.3, 0.4) is 0 Å². The zero-order valence-corrected chi connectivity index (χ0v) is 15.3. The van der Waals surface area contributed by atoms with Gasteiger partial charge in [-0.3, -0.25) is 14.6 Å². The molecule has 0 radical (unpaired) electrons. The van der Waals surface area contributed by atoms with Crippen LogP contribution in [0.2, 0.25) is 0 Å². The van der Waals surface area contributed by atoms with E-state index in [1.807, 2.05) is 11.0 Å². The van der Waals surface area contributed by atoms with E-state index in [-0.39, 0.29) is 5.91 Å². The summed E-state index contributed by atoms with van der Waals surface area (Å²) in [5, 5.41) is 7.42. The Kier molecular flexibility index (Phi) is 6.02. The molecule has 8 heteroatoms. The van der Waals surface area contributed by atoms with Crippen molar-refractivity contribution < 1.29 is 4.79 Å². The molecule has 1 aromatic heterocycles. The maximum Gasteiger partial charge on any atom is 0.234 e. The second kappa shape index (κ2) is 8.22. The normalized spacial score (nSPS) is 19.5. The largest absolute Gasteiger partial charge is 0.355 e. The molecule has 2 fully saturated rings. The number of rotatable bonds is 8. The number of hydrogen-bond acceptors (Lipinski definition) is 5. The summed E-state index contributed by atoms with van der Waals surface area (Å²) in [4.78, 5) is 16.5. The van der Waals surface area contributed by atoms with Crippen molar-refractivity contribution in [2.24, 2.45) is 0 Å². The number of nitrogens with zero attached hydrogens (tertiary/aromatic N) is 5. The molecule has 0 atom stereocenters. The lowest BCUT2D eigenvalue weighted by molar-refractivity contribution is -0.122. The summed E-state index contributed by atoms with van der Waals surface area (Å²) in [6, 6.07) is 0.578. The van der Waals surface area contributed by atoms with Crippen LogP contribution in [0, 0.1) is 4.77 Å². The molecule has 3 rings (SSSR count). The fraction of sp³-hybridized carbons (Fsp3) is 0.812. The average molecular weight is 353 g/mol. The number of carbonyl (C=O) groups excluding carboxylic acids is 1. The first-order chi connectivity index (χ1) is 11.7. The number of carbonyl (C=O) groups is 1. The molecule has 2 heterocycles. The summed E-state index contributed by atoms with van der Waals surface area (Å²) in [6.07, 6.45) is 6.47. The van der Waals surface area contributed by atoms with E-state index in [1.54, 1.807) is 0 Å². The van der Waals surface area contributed by atoms with E-state index < -0.39 is 0 Å². The van der Waals surface area contributed by atoms with Gasteiger partial charge in [0.15, 0.2) is 4.77 Å². The van der Waals surface area contributed by atoms with Gasteiger partial charge in [0.05, 0.1) is 13.2 Å². The third-order valence-corrected chi connectivity index (χ3v) is 5.14. The molecule has 2 aliphatic rings. The zero-order valence-electron chi connectivity index (χ0n) is 14.5. The second-order valence-corrected chi connectivity index (χ2v) is 7.16. The predicted molar refractivity (Wildman–Crippen MR) is 95.3 cm³/mol. The van der Waals surface area contributed by atoms with Gasteiger partial charge in [0.1, 0.15) is 6.33 Å². The molecular weight excluding hydrogens is 324 g/mol. The van der Waals surface area contributed by atoms with Crippen LogP contribution in [0.25, 0.3) is 0 Å². The van der Waals surface area contributed by atoms with E-state index in [4.69, 9.17) is 12.2 Å². The first kappa shape index (κ1) is 17.6. The Bertz CT molecular complexity index is 600. The highest BCUT2D eigenvalue weighted by molar-refractivity contribution is 7.71. The molecule has 1 saturated heterocycles. The van der Waals surface area contributed by atoms with Crippen LogP contribution in [0.4, 0.5) is 0 Å². The topological polar surface area (TPSA) is 58.3 Å². The Morgan fingerprint density at radius 3 is 2.67 bits per heavy atom. The van der Waals surface area contributed by atoms with Gasteiger partial charge in [-0.15, -0.1) is 0 Å². The molecule has 134 valence electrons. The van der Waals surface area contributed by atoms with Gasteiger partial charge in [-0.2, -0.15) is 5.10 Å². The summed E-state index contributed by atoms with van der Waals surface area (Å²) < 4.78 is 4.86. The summed E-state index contributed by atoms with van der Waals surface area (Å²) in [7, 11) is 0. The van der Waals surface area contributed by atoms with Gasteiger partial charge >= 0.3 is 0 Å². The highest BCUT2D eigenvalue weighted by Crippen LogP contribution is 2.34. The number of nitrogens with one attached hydrogen (secondary N) is 1. The first-order valence-electron chi connectivity index (χ1n) is 9.02. The molecule has 1 N–H and O–H groups in total. The minimum Gasteiger partial charge on any atom is -0.355 e. The van der Waals surface area contributed by atoms with Gasteiger partial charge in [0.2, 0.25) is 5.91 Å². The fourth-order valence-electron chi connectivity index (χ4n) is 2.99. The van der Waals surface area contributed by atoms with Crippen molar-refractivity contribution in [1.82, 2.24) is 29.5 Å². The van der Waals surface area contributed by atoms with E-state index in [1.165, 1.54) is 12.8 Å². The van der Waals surface area contributed by atoms with E-state index >= 15 is 0 Å². The van der Waals surface area contributed by atoms with Gasteiger partial charge in [0, 0.05) is 38.8 Å². The molecule has 1 aliphatic heterocycles. The first-order valence-corrected chi connectivity index (χ1v) is 9.43. The Morgan fingerprint density at radius 2 is 2.00 bits per heavy atom. The van der Waals surface area contributed by atoms with Gasteiger partial charge in [-0.1, -0.05) is 13.3 Å². The number of piperazine rings is 1. The Labute approximate surface area is 148 Å². The minimum absolute atomic E-state index is 0.141. The lowest BCUT2D eigenvalue weighted by Crippen LogP contribution is -2.49. The Hall–Kier alpha value is -1.25. The molecule has 0 spiro atoms. The quantitative estimate of drug-likeness (QED) is 0.563. The summed E-state index contributed by atoms with van der Waals surface area (Å²) in [5.41, 5.74) is 0. The van der Waals surface area contributed by atoms with E-state index in [2.05, 4.69) is 31.7 Å². The van der Waals surface area contributed by atoms with Crippen LogP contribution in [0.5, 0.6) is 0 Å². The van der Waals surface area contributed by atoms with Gasteiger partial charge in [-0.25, -0.2) is 4.68 Å². The molecule has 24 heavy (non-hydrogen) atoms. The molecule has 0 bridgehead atoms. The van der Waals surface area contributed by atoms with Gasteiger partial charge < -0.3 is 9.88 Å². The summed E-state index contributed by atoms with van der Waals surface area (Å²) in [5.74, 6) is 0.141. The average Bonchev–Trinajstić information content (AvgIpc) is 3.35. The number of hydrogen-bond donors (Lipinski definition) is 1. The van der Waals surface area contributed by atoms with Crippen LogP contribution in [0.1, 0.15) is 38.6 Å². The van der Waals surface area contributed by atoms with Crippen molar-refractivity contribution in [3.05, 3.63) is 11.1 Å². The maximum absolute atomic E-state index is 11.9. The molecule has 7 nitrogen and oxygen atoms in total. The molecule has 1 aromatic rings. The summed E-state index contributed by atoms with van der Waals surface area (Å²) >= 11 is 5.51. The molecule has 1 saturated carbocycles. The SMILES string of the molecule is CCCCNC(=O)CN1CCN(Cn2ncn(C3CC3)c2=S)CC1. The van der Waals surface area contributed by atoms with E-state index in [0.29, 0.717) is 12.6 Å². The van der Waals surface area contributed by atoms with E-state index in [9.17, 15) is 4.79 Å². The highest BCUT2D eigenvalue weighted by Gasteiger charge is 2.25. The monoisotopic (exact) mass is 352 g/mol. The minimum atomic E-state index is 0.141. The number of aromatic nitrogens is 3. The number of unbranched alkanes of at least 4 members (excludes halogenated alkanes) is 1. The zero-order chi connectivity index (χ0) is 16.9.